The Morgan fingerprint density at radius 1 is 0.437 bits per heavy atom. The third-order valence-electron chi connectivity index (χ3n) is 12.1. The predicted octanol–water partition coefficient (Wildman–Crippen LogP) is 16.8. The minimum absolute atomic E-state index is 0.132. The zero-order valence-corrected chi connectivity index (χ0v) is 46.4. The van der Waals surface area contributed by atoms with Crippen LogP contribution in [0.15, 0.2) is 85.1 Å². The molecular weight excluding hydrogens is 887 g/mol. The van der Waals surface area contributed by atoms with Crippen LogP contribution in [0, 0.1) is 0 Å². The highest BCUT2D eigenvalue weighted by molar-refractivity contribution is 5.71. The molecule has 0 bridgehead atoms. The molecule has 0 radical (unpaired) electrons. The number of esters is 2. The highest BCUT2D eigenvalue weighted by atomic mass is 16.7. The lowest BCUT2D eigenvalue weighted by molar-refractivity contribution is -0.870. The number of carboxylic acid groups (broad SMARTS) is 1. The molecular formula is C62H108NO8+. The van der Waals surface area contributed by atoms with Gasteiger partial charge in [-0.2, -0.15) is 0 Å². The second kappa shape index (κ2) is 52.8. The first kappa shape index (κ1) is 67.5. The quantitative estimate of drug-likeness (QED) is 0.0211. The molecule has 0 saturated heterocycles. The molecule has 408 valence electrons. The molecule has 0 aromatic carbocycles. The Labute approximate surface area is 436 Å². The topological polar surface area (TPSA) is 108 Å². The number of nitrogens with zero attached hydrogens (tertiary/aromatic N) is 1. The molecule has 9 heteroatoms. The first-order valence-electron chi connectivity index (χ1n) is 28.8. The van der Waals surface area contributed by atoms with Gasteiger partial charge in [0.25, 0.3) is 6.29 Å². The minimum Gasteiger partial charge on any atom is -0.477 e. The average molecular weight is 996 g/mol. The van der Waals surface area contributed by atoms with Crippen LogP contribution in [0.5, 0.6) is 0 Å². The van der Waals surface area contributed by atoms with Crippen molar-refractivity contribution in [2.75, 3.05) is 47.5 Å². The highest BCUT2D eigenvalue weighted by Gasteiger charge is 2.25. The predicted molar refractivity (Wildman–Crippen MR) is 299 cm³/mol. The first-order chi connectivity index (χ1) is 34.6. The maximum Gasteiger partial charge on any atom is 0.361 e. The van der Waals surface area contributed by atoms with Crippen LogP contribution >= 0.6 is 0 Å². The van der Waals surface area contributed by atoms with Crippen LogP contribution in [0.4, 0.5) is 0 Å². The van der Waals surface area contributed by atoms with Crippen LogP contribution in [-0.4, -0.2) is 87.4 Å². The molecule has 0 spiro atoms. The third-order valence-corrected chi connectivity index (χ3v) is 12.1. The summed E-state index contributed by atoms with van der Waals surface area (Å²) in [6.45, 7) is 4.68. The van der Waals surface area contributed by atoms with Gasteiger partial charge in [-0.3, -0.25) is 9.59 Å². The molecule has 0 aliphatic rings. The van der Waals surface area contributed by atoms with E-state index in [2.05, 4.69) is 86.8 Å². The van der Waals surface area contributed by atoms with E-state index in [1.165, 1.54) is 141 Å². The normalized spacial score (nSPS) is 13.4. The smallest absolute Gasteiger partial charge is 0.361 e. The number of quaternary nitrogens is 1. The van der Waals surface area contributed by atoms with E-state index < -0.39 is 24.3 Å². The summed E-state index contributed by atoms with van der Waals surface area (Å²) in [5, 5.41) is 9.69. The Morgan fingerprint density at radius 2 is 0.831 bits per heavy atom. The van der Waals surface area contributed by atoms with Crippen LogP contribution in [0.1, 0.15) is 232 Å². The molecule has 0 rings (SSSR count). The number of carboxylic acids is 1. The van der Waals surface area contributed by atoms with Crippen molar-refractivity contribution in [3.05, 3.63) is 85.1 Å². The Balaban J connectivity index is 4.29. The first-order valence-corrected chi connectivity index (χ1v) is 28.8. The van der Waals surface area contributed by atoms with Gasteiger partial charge in [0.05, 0.1) is 34.4 Å². The third kappa shape index (κ3) is 54.1. The van der Waals surface area contributed by atoms with Crippen molar-refractivity contribution in [2.24, 2.45) is 0 Å². The average Bonchev–Trinajstić information content (AvgIpc) is 3.34. The van der Waals surface area contributed by atoms with Gasteiger partial charge in [0, 0.05) is 12.8 Å². The molecule has 0 aliphatic carbocycles. The van der Waals surface area contributed by atoms with Crippen LogP contribution in [0.2, 0.25) is 0 Å². The van der Waals surface area contributed by atoms with Crippen molar-refractivity contribution in [1.29, 1.82) is 0 Å². The summed E-state index contributed by atoms with van der Waals surface area (Å²) in [6.07, 6.45) is 66.9. The molecule has 0 fully saturated rings. The maximum atomic E-state index is 12.8. The van der Waals surface area contributed by atoms with Gasteiger partial charge in [0.1, 0.15) is 13.2 Å². The molecule has 71 heavy (non-hydrogen) atoms. The number of hydrogen-bond donors (Lipinski definition) is 1. The summed E-state index contributed by atoms with van der Waals surface area (Å²) in [4.78, 5) is 37.3. The van der Waals surface area contributed by atoms with Gasteiger partial charge >= 0.3 is 17.9 Å². The second-order valence-electron chi connectivity index (χ2n) is 20.2. The van der Waals surface area contributed by atoms with Gasteiger partial charge in [-0.05, 0) is 77.0 Å². The van der Waals surface area contributed by atoms with Gasteiger partial charge in [0.15, 0.2) is 6.10 Å². The van der Waals surface area contributed by atoms with E-state index in [0.717, 1.165) is 57.8 Å². The van der Waals surface area contributed by atoms with Crippen LogP contribution in [0.25, 0.3) is 0 Å². The van der Waals surface area contributed by atoms with Crippen molar-refractivity contribution in [1.82, 2.24) is 0 Å². The summed E-state index contributed by atoms with van der Waals surface area (Å²) in [5.74, 6) is -2.12. The number of carbonyl (C=O) groups is 3. The minimum atomic E-state index is -1.53. The Bertz CT molecular complexity index is 1440. The summed E-state index contributed by atoms with van der Waals surface area (Å²) in [5.41, 5.74) is 0. The van der Waals surface area contributed by atoms with Crippen molar-refractivity contribution < 1.29 is 42.9 Å². The van der Waals surface area contributed by atoms with Crippen molar-refractivity contribution in [3.8, 4) is 0 Å². The van der Waals surface area contributed by atoms with Crippen molar-refractivity contribution >= 4 is 17.9 Å². The maximum absolute atomic E-state index is 12.8. The molecule has 0 heterocycles. The zero-order valence-electron chi connectivity index (χ0n) is 46.4. The van der Waals surface area contributed by atoms with Crippen LogP contribution < -0.4 is 0 Å². The van der Waals surface area contributed by atoms with Gasteiger partial charge < -0.3 is 28.5 Å². The van der Waals surface area contributed by atoms with E-state index in [0.29, 0.717) is 17.4 Å². The van der Waals surface area contributed by atoms with E-state index >= 15 is 0 Å². The Morgan fingerprint density at radius 3 is 1.25 bits per heavy atom. The zero-order chi connectivity index (χ0) is 52.0. The van der Waals surface area contributed by atoms with Crippen LogP contribution in [0.3, 0.4) is 0 Å². The standard InChI is InChI=1S/C62H107NO8/c1-6-8-10-12-14-16-18-20-22-24-26-27-28-29-30-31-32-33-35-36-38-40-42-44-46-48-50-52-59(64)69-56-58(57-70-62(61(66)67)68-55-54-63(3,4)5)71-60(65)53-51-49-47-45-43-41-39-37-34-25-23-21-19-17-15-13-11-9-7-2/h9,11,15,17,21,23-24,26,34,37,41,43,47,49,58,62H,6-8,10,12-14,16,18-20,22,25,27-33,35-36,38-40,42,44-46,48,50-57H2,1-5H3/p+1/b11-9-,17-15-,23-21-,26-24-,37-34-,43-41-,49-47-. The number of allylic oxidation sites excluding steroid dienone is 14. The van der Waals surface area contributed by atoms with Gasteiger partial charge in [-0.15, -0.1) is 0 Å². The van der Waals surface area contributed by atoms with E-state index in [1.807, 2.05) is 33.3 Å². The van der Waals surface area contributed by atoms with Crippen molar-refractivity contribution in [2.45, 2.75) is 245 Å². The fourth-order valence-electron chi connectivity index (χ4n) is 7.74. The summed E-state index contributed by atoms with van der Waals surface area (Å²) < 4.78 is 22.8. The van der Waals surface area contributed by atoms with E-state index in [4.69, 9.17) is 18.9 Å². The summed E-state index contributed by atoms with van der Waals surface area (Å²) in [6, 6.07) is 0. The SMILES string of the molecule is CC/C=C\C/C=C\C/C=C\C/C=C\C/C=C\C/C=C\CCC(=O)OC(COC(=O)CCCCCCCCCCCCCCCCC/C=C\CCCCCCCCCC)COC(OCC[N+](C)(C)C)C(=O)O. The molecule has 0 aromatic rings. The lowest BCUT2D eigenvalue weighted by Crippen LogP contribution is -2.40. The van der Waals surface area contributed by atoms with Crippen molar-refractivity contribution in [3.63, 3.8) is 0 Å². The monoisotopic (exact) mass is 995 g/mol. The number of aliphatic carboxylic acids is 1. The molecule has 2 unspecified atom stereocenters. The van der Waals surface area contributed by atoms with Gasteiger partial charge in [-0.25, -0.2) is 4.79 Å². The largest absolute Gasteiger partial charge is 0.477 e. The molecule has 0 aromatic heterocycles. The second-order valence-corrected chi connectivity index (χ2v) is 20.2. The van der Waals surface area contributed by atoms with Gasteiger partial charge in [0.2, 0.25) is 0 Å². The van der Waals surface area contributed by atoms with E-state index in [1.54, 1.807) is 0 Å². The summed E-state index contributed by atoms with van der Waals surface area (Å²) >= 11 is 0. The molecule has 0 saturated carbocycles. The number of ether oxygens (including phenoxy) is 4. The highest BCUT2D eigenvalue weighted by Crippen LogP contribution is 2.16. The molecule has 1 N–H and O–H groups in total. The lowest BCUT2D eigenvalue weighted by Gasteiger charge is -2.25. The fraction of sp³-hybridized carbons (Fsp3) is 0.726. The Kier molecular flexibility index (Phi) is 50.2. The number of rotatable bonds is 52. The van der Waals surface area contributed by atoms with Crippen LogP contribution in [-0.2, 0) is 33.3 Å². The Hall–Kier alpha value is -3.53. The number of unbranched alkanes of at least 4 members (excludes halogenated alkanes) is 23. The van der Waals surface area contributed by atoms with Gasteiger partial charge in [-0.1, -0.05) is 227 Å². The molecule has 0 amide bonds. The lowest BCUT2D eigenvalue weighted by atomic mass is 10.0. The van der Waals surface area contributed by atoms with E-state index in [9.17, 15) is 19.5 Å². The molecule has 2 atom stereocenters. The molecule has 0 aliphatic heterocycles. The number of hydrogen-bond acceptors (Lipinski definition) is 7. The fourth-order valence-corrected chi connectivity index (χ4v) is 7.74. The summed E-state index contributed by atoms with van der Waals surface area (Å²) in [7, 11) is 5.94. The van der Waals surface area contributed by atoms with E-state index in [-0.39, 0.29) is 38.6 Å². The number of carbonyl (C=O) groups excluding carboxylic acids is 2. The molecule has 9 nitrogen and oxygen atoms in total. The number of likely N-dealkylation sites (N-methyl/N-ethyl adjacent to an activating group) is 1.